The highest BCUT2D eigenvalue weighted by atomic mass is 32.1. The molecule has 3 atom stereocenters. The van der Waals surface area contributed by atoms with Crippen LogP contribution in [0.15, 0.2) is 36.4 Å². The van der Waals surface area contributed by atoms with Crippen LogP contribution in [0.2, 0.25) is 0 Å². The lowest BCUT2D eigenvalue weighted by Crippen LogP contribution is -2.73. The van der Waals surface area contributed by atoms with Crippen molar-refractivity contribution in [3.63, 3.8) is 0 Å². The number of pyridine rings is 1. The number of fused-ring (bicyclic) bond motifs is 2. The van der Waals surface area contributed by atoms with E-state index >= 15 is 4.39 Å². The van der Waals surface area contributed by atoms with Crippen molar-refractivity contribution in [2.75, 3.05) is 56.2 Å². The maximum Gasteiger partial charge on any atom is 0.230 e. The van der Waals surface area contributed by atoms with Crippen LogP contribution in [0.3, 0.4) is 0 Å². The molecular formula is C33H30F2N6O4S. The largest absolute Gasteiger partial charge is 0.390 e. The van der Waals surface area contributed by atoms with Crippen molar-refractivity contribution in [2.24, 2.45) is 11.3 Å². The van der Waals surface area contributed by atoms with Crippen LogP contribution in [0, 0.1) is 34.3 Å². The number of thiazole rings is 1. The molecule has 3 saturated heterocycles. The lowest BCUT2D eigenvalue weighted by Gasteiger charge is -2.61. The molecule has 1 spiro atoms. The molecule has 46 heavy (non-hydrogen) atoms. The van der Waals surface area contributed by atoms with E-state index in [9.17, 15) is 24.7 Å². The number of anilines is 3. The molecule has 8 rings (SSSR count). The standard InChI is InChI=1S/C33H30F2N6O4S/c1-39(32-38-27(26(10-36)46-32)17-2-4-18(34)5-3-17)30-20-6-7-24(42)29(20)37-28-21(30)8-19(9-23(28)35)40-13-33(14-40)15-41(16-33)31(44)22-11-45-12-25(22)43/h2-5,8-9,22,24-25,42-43H,6-7,11-16H2,1H3/t22-,24-,25-/m0/s1. The van der Waals surface area contributed by atoms with E-state index in [1.807, 2.05) is 18.0 Å². The number of aliphatic hydroxyl groups excluding tert-OH is 2. The summed E-state index contributed by atoms with van der Waals surface area (Å²) in [6.45, 7) is 2.92. The number of rotatable bonds is 5. The maximum atomic E-state index is 15.9. The number of hydrogen-bond donors (Lipinski definition) is 2. The van der Waals surface area contributed by atoms with Crippen LogP contribution in [0.4, 0.5) is 25.3 Å². The van der Waals surface area contributed by atoms with Crippen LogP contribution < -0.4 is 9.80 Å². The zero-order valence-corrected chi connectivity index (χ0v) is 25.7. The molecule has 0 unspecified atom stereocenters. The number of benzene rings is 2. The van der Waals surface area contributed by atoms with Crippen LogP contribution in [-0.4, -0.2) is 83.5 Å². The Bertz CT molecular complexity index is 1930. The number of amides is 1. The number of carbonyl (C=O) groups excluding carboxylic acids is 1. The number of halogens is 2. The van der Waals surface area contributed by atoms with Gasteiger partial charge in [0.05, 0.1) is 42.7 Å². The van der Waals surface area contributed by atoms with E-state index in [0.29, 0.717) is 82.7 Å². The van der Waals surface area contributed by atoms with Crippen molar-refractivity contribution < 1.29 is 28.5 Å². The number of nitriles is 1. The Labute approximate surface area is 267 Å². The first-order valence-electron chi connectivity index (χ1n) is 15.2. The first-order chi connectivity index (χ1) is 22.1. The molecule has 4 aromatic rings. The van der Waals surface area contributed by atoms with Gasteiger partial charge in [-0.1, -0.05) is 11.3 Å². The van der Waals surface area contributed by atoms with E-state index in [2.05, 4.69) is 16.0 Å². The summed E-state index contributed by atoms with van der Waals surface area (Å²) in [5.74, 6) is -1.49. The van der Waals surface area contributed by atoms with Gasteiger partial charge in [0.1, 0.15) is 28.0 Å². The Morgan fingerprint density at radius 1 is 1.13 bits per heavy atom. The number of ether oxygens (including phenoxy) is 1. The van der Waals surface area contributed by atoms with Gasteiger partial charge in [0.2, 0.25) is 5.91 Å². The molecule has 236 valence electrons. The van der Waals surface area contributed by atoms with Gasteiger partial charge < -0.3 is 29.6 Å². The van der Waals surface area contributed by atoms with Gasteiger partial charge in [0.15, 0.2) is 10.9 Å². The Hall–Kier alpha value is -4.22. The van der Waals surface area contributed by atoms with Gasteiger partial charge in [-0.3, -0.25) is 4.79 Å². The van der Waals surface area contributed by atoms with Gasteiger partial charge in [-0.15, -0.1) is 0 Å². The van der Waals surface area contributed by atoms with E-state index in [0.717, 1.165) is 5.56 Å². The topological polar surface area (TPSA) is 126 Å². The molecule has 2 aromatic carbocycles. The van der Waals surface area contributed by atoms with Gasteiger partial charge in [-0.25, -0.2) is 18.7 Å². The third-order valence-corrected chi connectivity index (χ3v) is 10.8. The number of aliphatic hydroxyl groups is 2. The summed E-state index contributed by atoms with van der Waals surface area (Å²) < 4.78 is 34.7. The normalized spacial score (nSPS) is 22.9. The van der Waals surface area contributed by atoms with Crippen LogP contribution in [0.1, 0.15) is 28.7 Å². The van der Waals surface area contributed by atoms with Gasteiger partial charge in [0.25, 0.3) is 0 Å². The molecular weight excluding hydrogens is 614 g/mol. The molecule has 1 amide bonds. The highest BCUT2D eigenvalue weighted by molar-refractivity contribution is 7.16. The Kier molecular flexibility index (Phi) is 6.77. The van der Waals surface area contributed by atoms with Crippen LogP contribution >= 0.6 is 11.3 Å². The summed E-state index contributed by atoms with van der Waals surface area (Å²) in [5, 5.41) is 31.8. The van der Waals surface area contributed by atoms with Crippen LogP contribution in [-0.2, 0) is 16.0 Å². The Balaban J connectivity index is 1.12. The second-order valence-electron chi connectivity index (χ2n) is 12.8. The third-order valence-electron chi connectivity index (χ3n) is 9.72. The fraction of sp³-hybridized carbons (Fsp3) is 0.394. The zero-order chi connectivity index (χ0) is 31.9. The first-order valence-corrected chi connectivity index (χ1v) is 16.0. The van der Waals surface area contributed by atoms with Crippen molar-refractivity contribution in [2.45, 2.75) is 25.0 Å². The fourth-order valence-corrected chi connectivity index (χ4v) is 8.22. The Morgan fingerprint density at radius 2 is 1.89 bits per heavy atom. The quantitative estimate of drug-likeness (QED) is 0.333. The molecule has 2 N–H and O–H groups in total. The minimum atomic E-state index is -0.817. The molecule has 0 radical (unpaired) electrons. The molecule has 3 fully saturated rings. The van der Waals surface area contributed by atoms with E-state index in [1.165, 1.54) is 29.5 Å². The summed E-state index contributed by atoms with van der Waals surface area (Å²) >= 11 is 1.19. The van der Waals surface area contributed by atoms with E-state index in [-0.39, 0.29) is 35.9 Å². The second kappa shape index (κ2) is 10.7. The van der Waals surface area contributed by atoms with Crippen molar-refractivity contribution in [1.82, 2.24) is 14.9 Å². The molecule has 13 heteroatoms. The number of aromatic nitrogens is 2. The van der Waals surface area contributed by atoms with Crippen LogP contribution in [0.5, 0.6) is 0 Å². The molecule has 0 bridgehead atoms. The van der Waals surface area contributed by atoms with E-state index < -0.39 is 23.9 Å². The summed E-state index contributed by atoms with van der Waals surface area (Å²) in [7, 11) is 1.81. The summed E-state index contributed by atoms with van der Waals surface area (Å²) in [6, 6.07) is 11.4. The van der Waals surface area contributed by atoms with Crippen LogP contribution in [0.25, 0.3) is 22.2 Å². The predicted molar refractivity (Wildman–Crippen MR) is 167 cm³/mol. The molecule has 3 aliphatic heterocycles. The highest BCUT2D eigenvalue weighted by Crippen LogP contribution is 2.48. The SMILES string of the molecule is CN(c1nc(-c2ccc(F)cc2)c(C#N)s1)c1c2c(nc3c(F)cc(N4CC5(CN(C(=O)[C@H]6COC[C@@H]6O)C5)C4)cc13)[C@@H](O)CC2. The van der Waals surface area contributed by atoms with Gasteiger partial charge in [-0.2, -0.15) is 5.26 Å². The average molecular weight is 645 g/mol. The third kappa shape index (κ3) is 4.54. The molecule has 2 aromatic heterocycles. The average Bonchev–Trinajstić information content (AvgIpc) is 3.73. The molecule has 0 saturated carbocycles. The minimum Gasteiger partial charge on any atom is -0.390 e. The molecule has 1 aliphatic carbocycles. The summed E-state index contributed by atoms with van der Waals surface area (Å²) in [5.41, 5.74) is 3.74. The van der Waals surface area contributed by atoms with Gasteiger partial charge in [0, 0.05) is 60.8 Å². The first kappa shape index (κ1) is 29.2. The van der Waals surface area contributed by atoms with E-state index in [1.54, 1.807) is 17.0 Å². The summed E-state index contributed by atoms with van der Waals surface area (Å²) in [4.78, 5) is 28.3. The second-order valence-corrected chi connectivity index (χ2v) is 13.8. The smallest absolute Gasteiger partial charge is 0.230 e. The fourth-order valence-electron chi connectivity index (χ4n) is 7.36. The van der Waals surface area contributed by atoms with Crippen molar-refractivity contribution >= 4 is 44.7 Å². The molecule has 4 aliphatic rings. The monoisotopic (exact) mass is 644 g/mol. The number of hydrogen-bond acceptors (Lipinski definition) is 10. The molecule has 5 heterocycles. The van der Waals surface area contributed by atoms with Gasteiger partial charge in [-0.05, 0) is 49.2 Å². The zero-order valence-electron chi connectivity index (χ0n) is 24.9. The Morgan fingerprint density at radius 3 is 2.59 bits per heavy atom. The molecule has 10 nitrogen and oxygen atoms in total. The predicted octanol–water partition coefficient (Wildman–Crippen LogP) is 3.91. The number of likely N-dealkylation sites (tertiary alicyclic amines) is 1. The number of carbonyl (C=O) groups is 1. The lowest BCUT2D eigenvalue weighted by atomic mass is 9.72. The summed E-state index contributed by atoms with van der Waals surface area (Å²) in [6.07, 6.45) is -0.576. The maximum absolute atomic E-state index is 15.9. The van der Waals surface area contributed by atoms with Crippen molar-refractivity contribution in [3.05, 3.63) is 64.2 Å². The highest BCUT2D eigenvalue weighted by Gasteiger charge is 2.54. The minimum absolute atomic E-state index is 0.0727. The lowest BCUT2D eigenvalue weighted by molar-refractivity contribution is -0.152. The number of nitrogens with zero attached hydrogens (tertiary/aromatic N) is 6. The van der Waals surface area contributed by atoms with E-state index in [4.69, 9.17) is 9.72 Å². The van der Waals surface area contributed by atoms with Gasteiger partial charge >= 0.3 is 0 Å². The van der Waals surface area contributed by atoms with Crippen molar-refractivity contribution in [1.29, 1.82) is 5.26 Å². The van der Waals surface area contributed by atoms with Crippen molar-refractivity contribution in [3.8, 4) is 17.3 Å².